The van der Waals surface area contributed by atoms with E-state index in [2.05, 4.69) is 10.5 Å². The van der Waals surface area contributed by atoms with Crippen LogP contribution in [0.5, 0.6) is 11.5 Å². The first-order valence-electron chi connectivity index (χ1n) is 8.71. The molecule has 0 saturated carbocycles. The molecule has 1 amide bonds. The summed E-state index contributed by atoms with van der Waals surface area (Å²) in [7, 11) is 1.55. The van der Waals surface area contributed by atoms with Gasteiger partial charge < -0.3 is 9.47 Å². The molecule has 0 unspecified atom stereocenters. The van der Waals surface area contributed by atoms with Gasteiger partial charge in [0.15, 0.2) is 0 Å². The highest BCUT2D eigenvalue weighted by Gasteiger charge is 2.13. The van der Waals surface area contributed by atoms with Crippen molar-refractivity contribution < 1.29 is 19.1 Å². The quantitative estimate of drug-likeness (QED) is 0.252. The standard InChI is InChI=1S/C22H16Cl2N2O4/c1-29-17-9-4-15(5-10-17)21(27)26-25-13-14-2-7-18(8-3-14)30-22(28)19-11-6-16(23)12-20(19)24/h2-13H,1H3,(H,26,27)/b25-13+. The van der Waals surface area contributed by atoms with E-state index in [1.807, 2.05) is 0 Å². The van der Waals surface area contributed by atoms with Gasteiger partial charge >= 0.3 is 5.97 Å². The van der Waals surface area contributed by atoms with Gasteiger partial charge in [-0.05, 0) is 72.3 Å². The number of methoxy groups -OCH3 is 1. The van der Waals surface area contributed by atoms with E-state index in [0.29, 0.717) is 27.6 Å². The molecule has 0 heterocycles. The van der Waals surface area contributed by atoms with Crippen molar-refractivity contribution in [2.45, 2.75) is 0 Å². The van der Waals surface area contributed by atoms with Crippen LogP contribution < -0.4 is 14.9 Å². The molecule has 0 bridgehead atoms. The maximum absolute atomic E-state index is 12.2. The van der Waals surface area contributed by atoms with Crippen molar-refractivity contribution in [3.63, 3.8) is 0 Å². The number of nitrogens with one attached hydrogen (secondary N) is 1. The van der Waals surface area contributed by atoms with Gasteiger partial charge in [-0.25, -0.2) is 10.2 Å². The number of hydrogen-bond donors (Lipinski definition) is 1. The van der Waals surface area contributed by atoms with Crippen LogP contribution in [0.2, 0.25) is 10.0 Å². The van der Waals surface area contributed by atoms with E-state index in [0.717, 1.165) is 0 Å². The Bertz CT molecular complexity index is 1080. The van der Waals surface area contributed by atoms with Crippen molar-refractivity contribution in [1.82, 2.24) is 5.43 Å². The third-order valence-electron chi connectivity index (χ3n) is 3.97. The Morgan fingerprint density at radius 3 is 2.23 bits per heavy atom. The molecule has 3 rings (SSSR count). The van der Waals surface area contributed by atoms with Crippen LogP contribution in [-0.4, -0.2) is 25.2 Å². The van der Waals surface area contributed by atoms with E-state index in [-0.39, 0.29) is 16.5 Å². The van der Waals surface area contributed by atoms with Crippen LogP contribution in [0, 0.1) is 0 Å². The smallest absolute Gasteiger partial charge is 0.345 e. The first-order valence-corrected chi connectivity index (χ1v) is 9.46. The number of halogens is 2. The summed E-state index contributed by atoms with van der Waals surface area (Å²) in [5, 5.41) is 4.57. The average Bonchev–Trinajstić information content (AvgIpc) is 2.75. The van der Waals surface area contributed by atoms with Gasteiger partial charge in [0.25, 0.3) is 5.91 Å². The zero-order chi connectivity index (χ0) is 21.5. The molecule has 0 aliphatic rings. The largest absolute Gasteiger partial charge is 0.497 e. The number of amides is 1. The summed E-state index contributed by atoms with van der Waals surface area (Å²) in [6.45, 7) is 0. The topological polar surface area (TPSA) is 77.0 Å². The summed E-state index contributed by atoms with van der Waals surface area (Å²) in [4.78, 5) is 24.3. The fraction of sp³-hybridized carbons (Fsp3) is 0.0455. The van der Waals surface area contributed by atoms with Crippen LogP contribution in [0.1, 0.15) is 26.3 Å². The lowest BCUT2D eigenvalue weighted by molar-refractivity contribution is 0.0734. The zero-order valence-corrected chi connectivity index (χ0v) is 17.3. The molecular formula is C22H16Cl2N2O4. The second-order valence-electron chi connectivity index (χ2n) is 6.01. The minimum Gasteiger partial charge on any atom is -0.497 e. The third kappa shape index (κ3) is 5.59. The molecule has 0 aromatic heterocycles. The molecular weight excluding hydrogens is 427 g/mol. The van der Waals surface area contributed by atoms with Crippen LogP contribution in [-0.2, 0) is 0 Å². The minimum atomic E-state index is -0.593. The molecule has 0 atom stereocenters. The van der Waals surface area contributed by atoms with Gasteiger partial charge in [0.1, 0.15) is 11.5 Å². The summed E-state index contributed by atoms with van der Waals surface area (Å²) in [5.74, 6) is 0.0590. The predicted molar refractivity (Wildman–Crippen MR) is 116 cm³/mol. The Labute approximate surface area is 183 Å². The van der Waals surface area contributed by atoms with E-state index in [9.17, 15) is 9.59 Å². The summed E-state index contributed by atoms with van der Waals surface area (Å²) < 4.78 is 10.4. The van der Waals surface area contributed by atoms with Crippen LogP contribution in [0.3, 0.4) is 0 Å². The van der Waals surface area contributed by atoms with Crippen molar-refractivity contribution in [3.8, 4) is 11.5 Å². The monoisotopic (exact) mass is 442 g/mol. The molecule has 1 N–H and O–H groups in total. The molecule has 0 spiro atoms. The van der Waals surface area contributed by atoms with E-state index < -0.39 is 5.97 Å². The fourth-order valence-corrected chi connectivity index (χ4v) is 2.90. The molecule has 152 valence electrons. The maximum atomic E-state index is 12.2. The molecule has 0 saturated heterocycles. The summed E-state index contributed by atoms with van der Waals surface area (Å²) in [6.07, 6.45) is 1.48. The Morgan fingerprint density at radius 1 is 0.933 bits per heavy atom. The number of hydrogen-bond acceptors (Lipinski definition) is 5. The highest BCUT2D eigenvalue weighted by atomic mass is 35.5. The lowest BCUT2D eigenvalue weighted by Crippen LogP contribution is -2.17. The van der Waals surface area contributed by atoms with E-state index in [1.54, 1.807) is 61.7 Å². The van der Waals surface area contributed by atoms with E-state index in [1.165, 1.54) is 18.3 Å². The van der Waals surface area contributed by atoms with E-state index in [4.69, 9.17) is 32.7 Å². The van der Waals surface area contributed by atoms with Crippen molar-refractivity contribution in [2.75, 3.05) is 7.11 Å². The lowest BCUT2D eigenvalue weighted by atomic mass is 10.2. The molecule has 3 aromatic carbocycles. The Morgan fingerprint density at radius 2 is 1.60 bits per heavy atom. The number of rotatable bonds is 6. The molecule has 0 radical (unpaired) electrons. The Hall–Kier alpha value is -3.35. The number of benzene rings is 3. The van der Waals surface area contributed by atoms with Crippen molar-refractivity contribution in [1.29, 1.82) is 0 Å². The summed E-state index contributed by atoms with van der Waals surface area (Å²) in [5.41, 5.74) is 3.82. The van der Waals surface area contributed by atoms with Gasteiger partial charge in [0.05, 0.1) is 23.9 Å². The van der Waals surface area contributed by atoms with Crippen molar-refractivity contribution >= 4 is 41.3 Å². The van der Waals surface area contributed by atoms with Crippen molar-refractivity contribution in [2.24, 2.45) is 5.10 Å². The lowest BCUT2D eigenvalue weighted by Gasteiger charge is -2.06. The molecule has 30 heavy (non-hydrogen) atoms. The first kappa shape index (κ1) is 21.4. The van der Waals surface area contributed by atoms with Crippen molar-refractivity contribution in [3.05, 3.63) is 93.5 Å². The second kappa shape index (κ2) is 9.91. The molecule has 3 aromatic rings. The number of ether oxygens (including phenoxy) is 2. The molecule has 0 fully saturated rings. The minimum absolute atomic E-state index is 0.212. The number of hydrazone groups is 1. The van der Waals surface area contributed by atoms with Crippen LogP contribution in [0.15, 0.2) is 71.8 Å². The molecule has 0 aliphatic carbocycles. The Kier molecular flexibility index (Phi) is 7.06. The number of esters is 1. The number of carbonyl (C=O) groups is 2. The molecule has 8 heteroatoms. The predicted octanol–water partition coefficient (Wildman–Crippen LogP) is 4.99. The number of nitrogens with zero attached hydrogens (tertiary/aromatic N) is 1. The van der Waals surface area contributed by atoms with Gasteiger partial charge in [-0.1, -0.05) is 23.2 Å². The first-order chi connectivity index (χ1) is 14.5. The van der Waals surface area contributed by atoms with Gasteiger partial charge in [-0.15, -0.1) is 0 Å². The SMILES string of the molecule is COc1ccc(C(=O)N/N=C/c2ccc(OC(=O)c3ccc(Cl)cc3Cl)cc2)cc1. The normalized spacial score (nSPS) is 10.6. The van der Waals surface area contributed by atoms with Crippen LogP contribution >= 0.6 is 23.2 Å². The second-order valence-corrected chi connectivity index (χ2v) is 6.85. The molecule has 0 aliphatic heterocycles. The summed E-state index contributed by atoms with van der Waals surface area (Å²) >= 11 is 11.8. The van der Waals surface area contributed by atoms with Gasteiger partial charge in [-0.2, -0.15) is 5.10 Å². The zero-order valence-electron chi connectivity index (χ0n) is 15.8. The Balaban J connectivity index is 1.57. The highest BCUT2D eigenvalue weighted by molar-refractivity contribution is 6.36. The van der Waals surface area contributed by atoms with E-state index >= 15 is 0 Å². The maximum Gasteiger partial charge on any atom is 0.345 e. The van der Waals surface area contributed by atoms with Gasteiger partial charge in [0, 0.05) is 10.6 Å². The van der Waals surface area contributed by atoms with Gasteiger partial charge in [0.2, 0.25) is 0 Å². The van der Waals surface area contributed by atoms with Gasteiger partial charge in [-0.3, -0.25) is 4.79 Å². The summed E-state index contributed by atoms with van der Waals surface area (Å²) in [6, 6.07) is 17.8. The highest BCUT2D eigenvalue weighted by Crippen LogP contribution is 2.23. The fourth-order valence-electron chi connectivity index (χ4n) is 2.41. The van der Waals surface area contributed by atoms with Crippen LogP contribution in [0.4, 0.5) is 0 Å². The van der Waals surface area contributed by atoms with Crippen LogP contribution in [0.25, 0.3) is 0 Å². The average molecular weight is 443 g/mol. The third-order valence-corrected chi connectivity index (χ3v) is 4.52. The number of carbonyl (C=O) groups excluding carboxylic acids is 2. The molecule has 6 nitrogen and oxygen atoms in total.